The summed E-state index contributed by atoms with van der Waals surface area (Å²) in [7, 11) is 0. The Labute approximate surface area is 110 Å². The Morgan fingerprint density at radius 3 is 2.84 bits per heavy atom. The van der Waals surface area contributed by atoms with Crippen LogP contribution in [0.15, 0.2) is 42.7 Å². The van der Waals surface area contributed by atoms with Gasteiger partial charge in [0.2, 0.25) is 11.6 Å². The highest BCUT2D eigenvalue weighted by Crippen LogP contribution is 2.13. The first-order chi connectivity index (χ1) is 9.34. The Kier molecular flexibility index (Phi) is 2.97. The third kappa shape index (κ3) is 2.33. The number of benzene rings is 1. The lowest BCUT2D eigenvalue weighted by Gasteiger charge is -2.06. The van der Waals surface area contributed by atoms with Crippen molar-refractivity contribution in [3.63, 3.8) is 0 Å². The van der Waals surface area contributed by atoms with Crippen LogP contribution in [0.25, 0.3) is 5.65 Å². The zero-order chi connectivity index (χ0) is 13.1. The van der Waals surface area contributed by atoms with Gasteiger partial charge in [0.05, 0.1) is 0 Å². The summed E-state index contributed by atoms with van der Waals surface area (Å²) in [5.41, 5.74) is 7.63. The van der Waals surface area contributed by atoms with Gasteiger partial charge in [-0.15, -0.1) is 10.2 Å². The predicted molar refractivity (Wildman–Crippen MR) is 73.8 cm³/mol. The summed E-state index contributed by atoms with van der Waals surface area (Å²) in [6.07, 6.45) is 4.35. The molecule has 0 aliphatic heterocycles. The molecule has 96 valence electrons. The second kappa shape index (κ2) is 4.93. The largest absolute Gasteiger partial charge is 0.368 e. The fraction of sp³-hybridized carbons (Fsp3) is 0.154. The van der Waals surface area contributed by atoms with E-state index in [1.807, 2.05) is 18.2 Å². The molecule has 19 heavy (non-hydrogen) atoms. The number of anilines is 2. The number of nitrogen functional groups attached to an aromatic ring is 1. The summed E-state index contributed by atoms with van der Waals surface area (Å²) in [5.74, 6) is 1.06. The fourth-order valence-electron chi connectivity index (χ4n) is 1.94. The van der Waals surface area contributed by atoms with Crippen molar-refractivity contribution < 1.29 is 0 Å². The minimum absolute atomic E-state index is 0.364. The van der Waals surface area contributed by atoms with Crippen LogP contribution in [0.2, 0.25) is 0 Å². The van der Waals surface area contributed by atoms with E-state index in [2.05, 4.69) is 32.6 Å². The summed E-state index contributed by atoms with van der Waals surface area (Å²) in [4.78, 5) is 4.26. The third-order valence-corrected chi connectivity index (χ3v) is 2.90. The van der Waals surface area contributed by atoms with Crippen molar-refractivity contribution in [1.29, 1.82) is 0 Å². The summed E-state index contributed by atoms with van der Waals surface area (Å²) in [6.45, 7) is 0.781. The second-order valence-electron chi connectivity index (χ2n) is 4.19. The first kappa shape index (κ1) is 11.5. The molecule has 0 saturated carbocycles. The average Bonchev–Trinajstić information content (AvgIpc) is 2.83. The van der Waals surface area contributed by atoms with Crippen molar-refractivity contribution in [1.82, 2.24) is 19.6 Å². The number of hydrogen-bond donors (Lipinski definition) is 2. The molecule has 0 spiro atoms. The maximum absolute atomic E-state index is 5.70. The number of aromatic nitrogens is 4. The maximum Gasteiger partial charge on any atom is 0.226 e. The Morgan fingerprint density at radius 2 is 2.00 bits per heavy atom. The van der Waals surface area contributed by atoms with Crippen LogP contribution in [0.4, 0.5) is 11.8 Å². The van der Waals surface area contributed by atoms with Crippen LogP contribution in [-0.2, 0) is 6.42 Å². The molecule has 0 bridgehead atoms. The van der Waals surface area contributed by atoms with Gasteiger partial charge < -0.3 is 11.1 Å². The molecule has 6 nitrogen and oxygen atoms in total. The Bertz CT molecular complexity index is 676. The van der Waals surface area contributed by atoms with E-state index in [1.165, 1.54) is 5.56 Å². The SMILES string of the molecule is Nc1nnc2c(NCCc3ccccc3)nccn12. The van der Waals surface area contributed by atoms with Gasteiger partial charge in [0.25, 0.3) is 0 Å². The highest BCUT2D eigenvalue weighted by atomic mass is 15.3. The molecule has 1 aromatic carbocycles. The molecule has 0 radical (unpaired) electrons. The quantitative estimate of drug-likeness (QED) is 0.734. The van der Waals surface area contributed by atoms with E-state index in [-0.39, 0.29) is 0 Å². The lowest BCUT2D eigenvalue weighted by molar-refractivity contribution is 0.998. The Hall–Kier alpha value is -2.63. The molecule has 3 rings (SSSR count). The molecule has 2 aromatic heterocycles. The number of nitrogens with two attached hydrogens (primary N) is 1. The number of rotatable bonds is 4. The van der Waals surface area contributed by atoms with E-state index >= 15 is 0 Å². The molecule has 0 fully saturated rings. The van der Waals surface area contributed by atoms with E-state index < -0.39 is 0 Å². The predicted octanol–water partition coefficient (Wildman–Crippen LogP) is 1.36. The number of fused-ring (bicyclic) bond motifs is 1. The Morgan fingerprint density at radius 1 is 1.16 bits per heavy atom. The lowest BCUT2D eigenvalue weighted by Crippen LogP contribution is -2.08. The lowest BCUT2D eigenvalue weighted by atomic mass is 10.1. The zero-order valence-electron chi connectivity index (χ0n) is 10.3. The van der Waals surface area contributed by atoms with E-state index in [9.17, 15) is 0 Å². The van der Waals surface area contributed by atoms with Gasteiger partial charge in [-0.2, -0.15) is 0 Å². The molecule has 2 heterocycles. The first-order valence-corrected chi connectivity index (χ1v) is 6.07. The topological polar surface area (TPSA) is 81.1 Å². The van der Waals surface area contributed by atoms with Gasteiger partial charge in [-0.05, 0) is 12.0 Å². The van der Waals surface area contributed by atoms with Gasteiger partial charge in [-0.1, -0.05) is 30.3 Å². The van der Waals surface area contributed by atoms with Crippen LogP contribution >= 0.6 is 0 Å². The van der Waals surface area contributed by atoms with Gasteiger partial charge in [0.15, 0.2) is 5.82 Å². The molecular formula is C13H14N6. The first-order valence-electron chi connectivity index (χ1n) is 6.07. The van der Waals surface area contributed by atoms with Crippen molar-refractivity contribution in [2.24, 2.45) is 0 Å². The number of hydrogen-bond acceptors (Lipinski definition) is 5. The molecular weight excluding hydrogens is 240 g/mol. The number of nitrogens with one attached hydrogen (secondary N) is 1. The van der Waals surface area contributed by atoms with Crippen LogP contribution in [0.1, 0.15) is 5.56 Å². The van der Waals surface area contributed by atoms with Crippen molar-refractivity contribution in [2.75, 3.05) is 17.6 Å². The van der Waals surface area contributed by atoms with Gasteiger partial charge in [0.1, 0.15) is 0 Å². The molecule has 3 aromatic rings. The minimum atomic E-state index is 0.364. The highest BCUT2D eigenvalue weighted by molar-refractivity contribution is 5.63. The molecule has 0 amide bonds. The van der Waals surface area contributed by atoms with Crippen LogP contribution in [0.5, 0.6) is 0 Å². The summed E-state index contributed by atoms with van der Waals surface area (Å²) < 4.78 is 1.71. The highest BCUT2D eigenvalue weighted by Gasteiger charge is 2.07. The standard InChI is InChI=1S/C13H14N6/c14-13-18-17-12-11(16-8-9-19(12)13)15-7-6-10-4-2-1-3-5-10/h1-5,8-9H,6-7H2,(H2,14,18)(H,15,16). The summed E-state index contributed by atoms with van der Waals surface area (Å²) in [5, 5.41) is 11.1. The van der Waals surface area contributed by atoms with Crippen molar-refractivity contribution in [3.05, 3.63) is 48.3 Å². The van der Waals surface area contributed by atoms with Crippen LogP contribution in [-0.4, -0.2) is 26.1 Å². The van der Waals surface area contributed by atoms with E-state index in [0.29, 0.717) is 17.4 Å². The molecule has 3 N–H and O–H groups in total. The molecule has 6 heteroatoms. The minimum Gasteiger partial charge on any atom is -0.368 e. The smallest absolute Gasteiger partial charge is 0.226 e. The normalized spacial score (nSPS) is 10.7. The third-order valence-electron chi connectivity index (χ3n) is 2.90. The monoisotopic (exact) mass is 254 g/mol. The fourth-order valence-corrected chi connectivity index (χ4v) is 1.94. The molecule has 0 saturated heterocycles. The molecule has 0 atom stereocenters. The number of nitrogens with zero attached hydrogens (tertiary/aromatic N) is 4. The van der Waals surface area contributed by atoms with E-state index in [0.717, 1.165) is 13.0 Å². The van der Waals surface area contributed by atoms with Crippen LogP contribution in [0.3, 0.4) is 0 Å². The average molecular weight is 254 g/mol. The van der Waals surface area contributed by atoms with Crippen molar-refractivity contribution >= 4 is 17.4 Å². The molecule has 0 unspecified atom stereocenters. The summed E-state index contributed by atoms with van der Waals surface area (Å²) in [6, 6.07) is 10.3. The van der Waals surface area contributed by atoms with Gasteiger partial charge in [-0.25, -0.2) is 4.98 Å². The van der Waals surface area contributed by atoms with Gasteiger partial charge >= 0.3 is 0 Å². The van der Waals surface area contributed by atoms with Crippen LogP contribution < -0.4 is 11.1 Å². The second-order valence-corrected chi connectivity index (χ2v) is 4.19. The van der Waals surface area contributed by atoms with Crippen molar-refractivity contribution in [3.8, 4) is 0 Å². The molecule has 0 aliphatic rings. The maximum atomic E-state index is 5.70. The Balaban J connectivity index is 1.72. The van der Waals surface area contributed by atoms with Crippen molar-refractivity contribution in [2.45, 2.75) is 6.42 Å². The van der Waals surface area contributed by atoms with Crippen LogP contribution in [0, 0.1) is 0 Å². The zero-order valence-corrected chi connectivity index (χ0v) is 10.3. The molecule has 0 aliphatic carbocycles. The van der Waals surface area contributed by atoms with E-state index in [4.69, 9.17) is 5.73 Å². The van der Waals surface area contributed by atoms with E-state index in [1.54, 1.807) is 16.8 Å². The van der Waals surface area contributed by atoms with Gasteiger partial charge in [-0.3, -0.25) is 4.40 Å². The summed E-state index contributed by atoms with van der Waals surface area (Å²) >= 11 is 0. The van der Waals surface area contributed by atoms with Gasteiger partial charge in [0, 0.05) is 18.9 Å².